The first kappa shape index (κ1) is 16.8. The van der Waals surface area contributed by atoms with Crippen LogP contribution < -0.4 is 5.32 Å². The number of hydrogen-bond acceptors (Lipinski definition) is 4. The second kappa shape index (κ2) is 7.21. The molecule has 6 nitrogen and oxygen atoms in total. The number of carbonyl (C=O) groups is 1. The maximum atomic E-state index is 12.5. The van der Waals surface area contributed by atoms with E-state index in [1.54, 1.807) is 6.26 Å². The van der Waals surface area contributed by atoms with Crippen LogP contribution in [0.3, 0.4) is 0 Å². The minimum Gasteiger partial charge on any atom is -0.468 e. The lowest BCUT2D eigenvalue weighted by molar-refractivity contribution is 0.0946. The number of nitrogens with one attached hydrogen (secondary N) is 1. The van der Waals surface area contributed by atoms with Crippen molar-refractivity contribution in [2.45, 2.75) is 40.3 Å². The highest BCUT2D eigenvalue weighted by Gasteiger charge is 2.25. The molecule has 1 saturated heterocycles. The largest absolute Gasteiger partial charge is 0.468 e. The summed E-state index contributed by atoms with van der Waals surface area (Å²) in [5.41, 5.74) is 2.47. The third kappa shape index (κ3) is 3.53. The van der Waals surface area contributed by atoms with Gasteiger partial charge in [-0.1, -0.05) is 0 Å². The summed E-state index contributed by atoms with van der Waals surface area (Å²) in [6.45, 7) is 10.3. The summed E-state index contributed by atoms with van der Waals surface area (Å²) in [5, 5.41) is 7.52. The Morgan fingerprint density at radius 1 is 1.46 bits per heavy atom. The van der Waals surface area contributed by atoms with Gasteiger partial charge in [0.15, 0.2) is 0 Å². The molecule has 3 rings (SSSR count). The highest BCUT2D eigenvalue weighted by molar-refractivity contribution is 5.96. The molecule has 1 N–H and O–H groups in total. The van der Waals surface area contributed by atoms with Crippen molar-refractivity contribution < 1.29 is 9.21 Å². The van der Waals surface area contributed by atoms with Gasteiger partial charge in [0, 0.05) is 25.3 Å². The van der Waals surface area contributed by atoms with Crippen molar-refractivity contribution in [3.63, 3.8) is 0 Å². The average molecular weight is 330 g/mol. The SMILES string of the molecule is CCn1nc(C)c(C(=O)NC[C@H]2CCN(Cc3ccco3)C2)c1C. The molecular weight excluding hydrogens is 304 g/mol. The Morgan fingerprint density at radius 2 is 2.29 bits per heavy atom. The van der Waals surface area contributed by atoms with Crippen LogP contribution in [0, 0.1) is 19.8 Å². The van der Waals surface area contributed by atoms with Crippen LogP contribution in [0.15, 0.2) is 22.8 Å². The first-order valence-electron chi connectivity index (χ1n) is 8.65. The first-order chi connectivity index (χ1) is 11.6. The lowest BCUT2D eigenvalue weighted by Gasteiger charge is -2.15. The molecule has 130 valence electrons. The van der Waals surface area contributed by atoms with Crippen LogP contribution in [0.5, 0.6) is 0 Å². The summed E-state index contributed by atoms with van der Waals surface area (Å²) >= 11 is 0. The summed E-state index contributed by atoms with van der Waals surface area (Å²) in [4.78, 5) is 14.9. The standard InChI is InChI=1S/C18H26N4O2/c1-4-22-14(3)17(13(2)20-22)18(23)19-10-15-7-8-21(11-15)12-16-6-5-9-24-16/h5-6,9,15H,4,7-8,10-12H2,1-3H3,(H,19,23)/t15-/m1/s1. The third-order valence-electron chi connectivity index (χ3n) is 4.79. The highest BCUT2D eigenvalue weighted by atomic mass is 16.3. The third-order valence-corrected chi connectivity index (χ3v) is 4.79. The van der Waals surface area contributed by atoms with Gasteiger partial charge in [-0.3, -0.25) is 14.4 Å². The molecule has 24 heavy (non-hydrogen) atoms. The van der Waals surface area contributed by atoms with E-state index >= 15 is 0 Å². The van der Waals surface area contributed by atoms with Gasteiger partial charge in [-0.15, -0.1) is 0 Å². The second-order valence-electron chi connectivity index (χ2n) is 6.54. The van der Waals surface area contributed by atoms with E-state index in [4.69, 9.17) is 4.42 Å². The van der Waals surface area contributed by atoms with Crippen LogP contribution in [-0.2, 0) is 13.1 Å². The van der Waals surface area contributed by atoms with Gasteiger partial charge in [0.2, 0.25) is 0 Å². The Morgan fingerprint density at radius 3 is 2.96 bits per heavy atom. The van der Waals surface area contributed by atoms with Crippen LogP contribution in [0.2, 0.25) is 0 Å². The Bertz CT molecular complexity index is 690. The summed E-state index contributed by atoms with van der Waals surface area (Å²) in [5.74, 6) is 1.48. The van der Waals surface area contributed by atoms with Crippen LogP contribution >= 0.6 is 0 Å². The Labute approximate surface area is 142 Å². The fraction of sp³-hybridized carbons (Fsp3) is 0.556. The normalized spacial score (nSPS) is 18.2. The maximum Gasteiger partial charge on any atom is 0.255 e. The molecule has 0 spiro atoms. The van der Waals surface area contributed by atoms with E-state index in [1.165, 1.54) is 0 Å². The fourth-order valence-corrected chi connectivity index (χ4v) is 3.50. The van der Waals surface area contributed by atoms with Gasteiger partial charge in [0.1, 0.15) is 5.76 Å². The molecule has 0 bridgehead atoms. The summed E-state index contributed by atoms with van der Waals surface area (Å²) in [6.07, 6.45) is 2.82. The number of nitrogens with zero attached hydrogens (tertiary/aromatic N) is 3. The topological polar surface area (TPSA) is 63.3 Å². The Hall–Kier alpha value is -2.08. The number of furan rings is 1. The molecule has 0 aliphatic carbocycles. The number of likely N-dealkylation sites (tertiary alicyclic amines) is 1. The van der Waals surface area contributed by atoms with Gasteiger partial charge in [-0.2, -0.15) is 5.10 Å². The van der Waals surface area contributed by atoms with E-state index < -0.39 is 0 Å². The van der Waals surface area contributed by atoms with Crippen LogP contribution in [0.4, 0.5) is 0 Å². The monoisotopic (exact) mass is 330 g/mol. The summed E-state index contributed by atoms with van der Waals surface area (Å²) in [6, 6.07) is 3.93. The van der Waals surface area contributed by atoms with Gasteiger partial charge >= 0.3 is 0 Å². The van der Waals surface area contributed by atoms with Gasteiger partial charge in [-0.05, 0) is 51.8 Å². The molecule has 6 heteroatoms. The van der Waals surface area contributed by atoms with Crippen LogP contribution in [0.25, 0.3) is 0 Å². The number of rotatable bonds is 6. The van der Waals surface area contributed by atoms with Crippen molar-refractivity contribution in [1.29, 1.82) is 0 Å². The predicted molar refractivity (Wildman–Crippen MR) is 91.8 cm³/mol. The average Bonchev–Trinajstić information content (AvgIpc) is 3.27. The Kier molecular flexibility index (Phi) is 5.04. The van der Waals surface area contributed by atoms with E-state index in [1.807, 2.05) is 37.6 Å². The molecule has 2 aromatic rings. The second-order valence-corrected chi connectivity index (χ2v) is 6.54. The van der Waals surface area contributed by atoms with Crippen LogP contribution in [-0.4, -0.2) is 40.2 Å². The molecule has 0 unspecified atom stereocenters. The first-order valence-corrected chi connectivity index (χ1v) is 8.65. The number of carbonyl (C=O) groups excluding carboxylic acids is 1. The van der Waals surface area contributed by atoms with E-state index in [0.717, 1.165) is 55.3 Å². The molecular formula is C18H26N4O2. The van der Waals surface area contributed by atoms with E-state index in [-0.39, 0.29) is 5.91 Å². The Balaban J connectivity index is 1.51. The van der Waals surface area contributed by atoms with Crippen molar-refractivity contribution in [3.05, 3.63) is 41.1 Å². The van der Waals surface area contributed by atoms with Crippen molar-refractivity contribution in [1.82, 2.24) is 20.0 Å². The van der Waals surface area contributed by atoms with E-state index in [0.29, 0.717) is 12.5 Å². The minimum atomic E-state index is -0.00538. The zero-order valence-corrected chi connectivity index (χ0v) is 14.7. The lowest BCUT2D eigenvalue weighted by atomic mass is 10.1. The minimum absolute atomic E-state index is 0.00538. The molecule has 0 aromatic carbocycles. The zero-order valence-electron chi connectivity index (χ0n) is 14.7. The van der Waals surface area contributed by atoms with Crippen molar-refractivity contribution in [3.8, 4) is 0 Å². The number of amides is 1. The maximum absolute atomic E-state index is 12.5. The number of aromatic nitrogens is 2. The smallest absolute Gasteiger partial charge is 0.255 e. The van der Waals surface area contributed by atoms with E-state index in [2.05, 4.69) is 15.3 Å². The van der Waals surface area contributed by atoms with Gasteiger partial charge < -0.3 is 9.73 Å². The molecule has 1 amide bonds. The molecule has 1 aliphatic heterocycles. The predicted octanol–water partition coefficient (Wildman–Crippen LogP) is 2.36. The molecule has 1 aliphatic rings. The summed E-state index contributed by atoms with van der Waals surface area (Å²) < 4.78 is 7.29. The van der Waals surface area contributed by atoms with E-state index in [9.17, 15) is 4.79 Å². The molecule has 2 aromatic heterocycles. The summed E-state index contributed by atoms with van der Waals surface area (Å²) in [7, 11) is 0. The van der Waals surface area contributed by atoms with Gasteiger partial charge in [0.05, 0.1) is 24.1 Å². The number of aryl methyl sites for hydroxylation is 2. The fourth-order valence-electron chi connectivity index (χ4n) is 3.50. The highest BCUT2D eigenvalue weighted by Crippen LogP contribution is 2.19. The van der Waals surface area contributed by atoms with Crippen molar-refractivity contribution in [2.75, 3.05) is 19.6 Å². The molecule has 3 heterocycles. The zero-order chi connectivity index (χ0) is 17.1. The van der Waals surface area contributed by atoms with Gasteiger partial charge in [-0.25, -0.2) is 0 Å². The van der Waals surface area contributed by atoms with Crippen molar-refractivity contribution >= 4 is 5.91 Å². The van der Waals surface area contributed by atoms with Crippen LogP contribution in [0.1, 0.15) is 40.9 Å². The number of hydrogen-bond donors (Lipinski definition) is 1. The quantitative estimate of drug-likeness (QED) is 0.883. The molecule has 1 atom stereocenters. The molecule has 0 saturated carbocycles. The lowest BCUT2D eigenvalue weighted by Crippen LogP contribution is -2.31. The molecule has 1 fully saturated rings. The van der Waals surface area contributed by atoms with Crippen molar-refractivity contribution in [2.24, 2.45) is 5.92 Å². The van der Waals surface area contributed by atoms with Gasteiger partial charge in [0.25, 0.3) is 5.91 Å². The molecule has 0 radical (unpaired) electrons.